The molecule has 4 nitrogen and oxygen atoms in total. The molecule has 0 bridgehead atoms. The van der Waals surface area contributed by atoms with Crippen molar-refractivity contribution in [2.45, 2.75) is 19.9 Å². The number of carbonyl (C=O) groups excluding carboxylic acids is 1. The van der Waals surface area contributed by atoms with Gasteiger partial charge in [-0.15, -0.1) is 0 Å². The normalized spacial score (nSPS) is 12.0. The Morgan fingerprint density at radius 1 is 1.61 bits per heavy atom. The molecular weight excluding hydrogens is 246 g/mol. The van der Waals surface area contributed by atoms with Crippen LogP contribution in [0.1, 0.15) is 24.3 Å². The zero-order valence-corrected chi connectivity index (χ0v) is 12.3. The van der Waals surface area contributed by atoms with Gasteiger partial charge in [0.1, 0.15) is 5.69 Å². The van der Waals surface area contributed by atoms with Crippen LogP contribution in [0.5, 0.6) is 0 Å². The number of rotatable bonds is 6. The number of nitrogens with zero attached hydrogens (tertiary/aromatic N) is 2. The van der Waals surface area contributed by atoms with Crippen LogP contribution in [0.2, 0.25) is 0 Å². The topological polar surface area (TPSA) is 45.2 Å². The molecule has 18 heavy (non-hydrogen) atoms. The average molecular weight is 267 g/mol. The fourth-order valence-corrected chi connectivity index (χ4v) is 2.30. The quantitative estimate of drug-likeness (QED) is 0.859. The molecule has 0 radical (unpaired) electrons. The smallest absolute Gasteiger partial charge is 0.272 e. The summed E-state index contributed by atoms with van der Waals surface area (Å²) in [4.78, 5) is 18.1. The first-order chi connectivity index (χ1) is 8.60. The van der Waals surface area contributed by atoms with Crippen LogP contribution in [-0.2, 0) is 0 Å². The van der Waals surface area contributed by atoms with E-state index in [1.807, 2.05) is 33.2 Å². The summed E-state index contributed by atoms with van der Waals surface area (Å²) in [5, 5.41) is 3.18. The molecule has 0 saturated heterocycles. The number of hydrogen-bond acceptors (Lipinski definition) is 4. The lowest BCUT2D eigenvalue weighted by Gasteiger charge is -2.24. The molecule has 1 aromatic heterocycles. The maximum Gasteiger partial charge on any atom is 0.272 e. The molecule has 1 heterocycles. The monoisotopic (exact) mass is 267 g/mol. The lowest BCUT2D eigenvalue weighted by atomic mass is 10.2. The Hall–Kier alpha value is -1.23. The van der Waals surface area contributed by atoms with Crippen LogP contribution in [0.25, 0.3) is 0 Å². The molecule has 0 aliphatic carbocycles. The van der Waals surface area contributed by atoms with Gasteiger partial charge in [0, 0.05) is 37.3 Å². The zero-order chi connectivity index (χ0) is 13.5. The van der Waals surface area contributed by atoms with Crippen molar-refractivity contribution in [1.29, 1.82) is 0 Å². The highest BCUT2D eigenvalue weighted by atomic mass is 32.2. The minimum absolute atomic E-state index is 0.0312. The van der Waals surface area contributed by atoms with E-state index in [0.717, 1.165) is 18.0 Å². The van der Waals surface area contributed by atoms with Crippen molar-refractivity contribution in [3.05, 3.63) is 24.0 Å². The highest BCUT2D eigenvalue weighted by Gasteiger charge is 2.18. The summed E-state index contributed by atoms with van der Waals surface area (Å²) in [5.74, 6) is 0.895. The Kier molecular flexibility index (Phi) is 5.98. The van der Waals surface area contributed by atoms with E-state index < -0.39 is 0 Å². The largest absolute Gasteiger partial charge is 0.385 e. The Bertz CT molecular complexity index is 398. The Morgan fingerprint density at radius 3 is 2.94 bits per heavy atom. The van der Waals surface area contributed by atoms with E-state index in [2.05, 4.69) is 10.3 Å². The number of amides is 1. The van der Waals surface area contributed by atoms with Crippen LogP contribution in [0.4, 0.5) is 5.69 Å². The highest BCUT2D eigenvalue weighted by molar-refractivity contribution is 7.98. The second-order valence-electron chi connectivity index (χ2n) is 4.18. The van der Waals surface area contributed by atoms with E-state index in [9.17, 15) is 4.79 Å². The number of aromatic nitrogens is 1. The maximum atomic E-state index is 12.2. The van der Waals surface area contributed by atoms with Gasteiger partial charge in [-0.05, 0) is 32.2 Å². The molecule has 1 amide bonds. The summed E-state index contributed by atoms with van der Waals surface area (Å²) in [6, 6.07) is 3.87. The van der Waals surface area contributed by atoms with Crippen molar-refractivity contribution in [2.24, 2.45) is 0 Å². The van der Waals surface area contributed by atoms with Crippen molar-refractivity contribution in [1.82, 2.24) is 9.88 Å². The van der Waals surface area contributed by atoms with Gasteiger partial charge in [-0.2, -0.15) is 11.8 Å². The minimum atomic E-state index is -0.0312. The summed E-state index contributed by atoms with van der Waals surface area (Å²) in [6.07, 6.45) is 3.71. The second-order valence-corrected chi connectivity index (χ2v) is 5.09. The lowest BCUT2D eigenvalue weighted by molar-refractivity contribution is 0.0751. The second kappa shape index (κ2) is 7.26. The molecule has 1 atom stereocenters. The van der Waals surface area contributed by atoms with Gasteiger partial charge in [0.15, 0.2) is 0 Å². The van der Waals surface area contributed by atoms with Crippen molar-refractivity contribution in [3.63, 3.8) is 0 Å². The molecule has 5 heteroatoms. The molecule has 0 fully saturated rings. The van der Waals surface area contributed by atoms with Gasteiger partial charge in [-0.3, -0.25) is 9.78 Å². The molecule has 1 rings (SSSR count). The third-order valence-electron chi connectivity index (χ3n) is 2.75. The number of thioether (sulfide) groups is 1. The predicted molar refractivity (Wildman–Crippen MR) is 78.3 cm³/mol. The number of nitrogens with one attached hydrogen (secondary N) is 1. The van der Waals surface area contributed by atoms with Crippen LogP contribution in [0, 0.1) is 0 Å². The molecule has 0 saturated carbocycles. The molecule has 100 valence electrons. The van der Waals surface area contributed by atoms with E-state index in [-0.39, 0.29) is 11.9 Å². The van der Waals surface area contributed by atoms with Crippen LogP contribution in [0.3, 0.4) is 0 Å². The third-order valence-corrected chi connectivity index (χ3v) is 3.57. The van der Waals surface area contributed by atoms with Gasteiger partial charge in [0.05, 0.1) is 0 Å². The van der Waals surface area contributed by atoms with Gasteiger partial charge < -0.3 is 10.2 Å². The summed E-state index contributed by atoms with van der Waals surface area (Å²) < 4.78 is 0. The fraction of sp³-hybridized carbons (Fsp3) is 0.538. The third kappa shape index (κ3) is 3.91. The van der Waals surface area contributed by atoms with Crippen molar-refractivity contribution in [3.8, 4) is 0 Å². The van der Waals surface area contributed by atoms with Crippen molar-refractivity contribution >= 4 is 23.4 Å². The predicted octanol–water partition coefficient (Wildman–Crippen LogP) is 2.34. The molecule has 1 N–H and O–H groups in total. The van der Waals surface area contributed by atoms with E-state index in [4.69, 9.17) is 0 Å². The molecule has 1 unspecified atom stereocenters. The summed E-state index contributed by atoms with van der Waals surface area (Å²) >= 11 is 1.74. The van der Waals surface area contributed by atoms with E-state index >= 15 is 0 Å². The van der Waals surface area contributed by atoms with Gasteiger partial charge >= 0.3 is 0 Å². The number of pyridine rings is 1. The van der Waals surface area contributed by atoms with Gasteiger partial charge in [-0.1, -0.05) is 0 Å². The van der Waals surface area contributed by atoms with Crippen LogP contribution >= 0.6 is 11.8 Å². The van der Waals surface area contributed by atoms with Crippen molar-refractivity contribution in [2.75, 3.05) is 30.9 Å². The van der Waals surface area contributed by atoms with E-state index in [1.54, 1.807) is 28.9 Å². The first-order valence-electron chi connectivity index (χ1n) is 6.06. The van der Waals surface area contributed by atoms with E-state index in [0.29, 0.717) is 5.69 Å². The molecule has 1 aromatic rings. The molecule has 0 aromatic carbocycles. The number of anilines is 1. The van der Waals surface area contributed by atoms with Gasteiger partial charge in [0.2, 0.25) is 0 Å². The standard InChI is InChI=1S/C13H21N3OS/c1-5-14-11-6-7-15-12(8-11)13(17)16(3)10(2)9-18-4/h6-8,10H,5,9H2,1-4H3,(H,14,15). The van der Waals surface area contributed by atoms with E-state index in [1.165, 1.54) is 0 Å². The summed E-state index contributed by atoms with van der Waals surface area (Å²) in [5.41, 5.74) is 1.42. The zero-order valence-electron chi connectivity index (χ0n) is 11.4. The van der Waals surface area contributed by atoms with Crippen molar-refractivity contribution < 1.29 is 4.79 Å². The van der Waals surface area contributed by atoms with Crippen LogP contribution < -0.4 is 5.32 Å². The van der Waals surface area contributed by atoms with Crippen LogP contribution in [-0.4, -0.2) is 47.4 Å². The first-order valence-corrected chi connectivity index (χ1v) is 7.45. The SMILES string of the molecule is CCNc1ccnc(C(=O)N(C)C(C)CSC)c1. The number of carbonyl (C=O) groups is 1. The Labute approximate surface area is 113 Å². The maximum absolute atomic E-state index is 12.2. The average Bonchev–Trinajstić information content (AvgIpc) is 2.38. The fourth-order valence-electron chi connectivity index (χ4n) is 1.60. The first kappa shape index (κ1) is 14.8. The Morgan fingerprint density at radius 2 is 2.33 bits per heavy atom. The lowest BCUT2D eigenvalue weighted by Crippen LogP contribution is -2.37. The summed E-state index contributed by atoms with van der Waals surface area (Å²) in [7, 11) is 1.82. The molecule has 0 spiro atoms. The highest BCUT2D eigenvalue weighted by Crippen LogP contribution is 2.12. The molecular formula is C13H21N3OS. The Balaban J connectivity index is 2.79. The molecule has 0 aliphatic heterocycles. The minimum Gasteiger partial charge on any atom is -0.385 e. The number of hydrogen-bond donors (Lipinski definition) is 1. The van der Waals surface area contributed by atoms with Crippen LogP contribution in [0.15, 0.2) is 18.3 Å². The van der Waals surface area contributed by atoms with Gasteiger partial charge in [0.25, 0.3) is 5.91 Å². The van der Waals surface area contributed by atoms with Gasteiger partial charge in [-0.25, -0.2) is 0 Å². The molecule has 0 aliphatic rings. The summed E-state index contributed by atoms with van der Waals surface area (Å²) in [6.45, 7) is 4.90.